The summed E-state index contributed by atoms with van der Waals surface area (Å²) in [6, 6.07) is 0. The maximum absolute atomic E-state index is 6.06. The van der Waals surface area contributed by atoms with Crippen molar-refractivity contribution in [1.29, 1.82) is 0 Å². The Bertz CT molecular complexity index is 122. The van der Waals surface area contributed by atoms with E-state index in [1.807, 2.05) is 0 Å². The van der Waals surface area contributed by atoms with Crippen molar-refractivity contribution in [2.45, 2.75) is 17.0 Å². The Morgan fingerprint density at radius 2 is 1.30 bits per heavy atom. The van der Waals surface area contributed by atoms with Gasteiger partial charge in [-0.15, -0.1) is 44.3 Å². The van der Waals surface area contributed by atoms with Crippen LogP contribution >= 0.6 is 44.3 Å². The molecule has 1 rings (SSSR count). The second-order valence-electron chi connectivity index (χ2n) is 2.74. The lowest BCUT2D eigenvalue weighted by Crippen LogP contribution is -2.40. The van der Waals surface area contributed by atoms with Gasteiger partial charge in [-0.2, -0.15) is 0 Å². The molecule has 0 aromatic carbocycles. The standard InChI is InChI=1S/C3H8Cl4Si3/c4-9(5)1-8-2-10(6,7)3-9/h1-3,8H2. The van der Waals surface area contributed by atoms with Crippen LogP contribution in [0.1, 0.15) is 0 Å². The van der Waals surface area contributed by atoms with E-state index >= 15 is 0 Å². The Morgan fingerprint density at radius 3 is 1.50 bits per heavy atom. The average molecular weight is 270 g/mol. The molecular weight excluding hydrogens is 262 g/mol. The number of hydrogen-bond donors (Lipinski definition) is 0. The monoisotopic (exact) mass is 268 g/mol. The molecule has 1 heterocycles. The highest BCUT2D eigenvalue weighted by molar-refractivity contribution is 7.59. The predicted octanol–water partition coefficient (Wildman–Crippen LogP) is 2.46. The summed E-state index contributed by atoms with van der Waals surface area (Å²) in [4.78, 5) is 0. The van der Waals surface area contributed by atoms with Crippen molar-refractivity contribution in [3.05, 3.63) is 0 Å². The van der Waals surface area contributed by atoms with Crippen LogP contribution in [-0.4, -0.2) is 22.9 Å². The summed E-state index contributed by atoms with van der Waals surface area (Å²) in [5.74, 6) is 0. The Labute approximate surface area is 83.8 Å². The molecule has 0 aromatic heterocycles. The summed E-state index contributed by atoms with van der Waals surface area (Å²) in [5, 5.41) is 0. The van der Waals surface area contributed by atoms with Crippen LogP contribution < -0.4 is 0 Å². The maximum Gasteiger partial charge on any atom is 0.248 e. The molecule has 0 unspecified atom stereocenters. The zero-order valence-corrected chi connectivity index (χ0v) is 11.8. The van der Waals surface area contributed by atoms with Crippen molar-refractivity contribution in [3.8, 4) is 0 Å². The molecule has 0 aliphatic carbocycles. The van der Waals surface area contributed by atoms with Crippen LogP contribution in [0.15, 0.2) is 0 Å². The van der Waals surface area contributed by atoms with Gasteiger partial charge in [0.05, 0.1) is 0 Å². The summed E-state index contributed by atoms with van der Waals surface area (Å²) in [6.07, 6.45) is 0. The molecule has 0 N–H and O–H groups in total. The Kier molecular flexibility index (Phi) is 3.25. The number of rotatable bonds is 0. The zero-order valence-electron chi connectivity index (χ0n) is 5.34. The van der Waals surface area contributed by atoms with E-state index in [0.717, 1.165) is 17.0 Å². The highest BCUT2D eigenvalue weighted by Gasteiger charge is 2.45. The highest BCUT2D eigenvalue weighted by Crippen LogP contribution is 2.40. The third kappa shape index (κ3) is 3.05. The smallest absolute Gasteiger partial charge is 0.146 e. The molecule has 0 aromatic rings. The van der Waals surface area contributed by atoms with Gasteiger partial charge in [0.2, 0.25) is 13.4 Å². The normalized spacial score (nSPS) is 30.0. The van der Waals surface area contributed by atoms with Gasteiger partial charge in [-0.3, -0.25) is 0 Å². The van der Waals surface area contributed by atoms with Gasteiger partial charge in [-0.25, -0.2) is 0 Å². The first-order valence-electron chi connectivity index (χ1n) is 3.17. The second-order valence-corrected chi connectivity index (χ2v) is 22.1. The van der Waals surface area contributed by atoms with Crippen LogP contribution in [0, 0.1) is 0 Å². The summed E-state index contributed by atoms with van der Waals surface area (Å²) in [7, 11) is -0.104. The first kappa shape index (κ1) is 9.90. The predicted molar refractivity (Wildman–Crippen MR) is 57.9 cm³/mol. The number of halogens is 4. The SMILES string of the molecule is Cl[Si]1(Cl)C[SiH2]C[Si](Cl)(Cl)C1. The van der Waals surface area contributed by atoms with Crippen molar-refractivity contribution in [1.82, 2.24) is 0 Å². The Balaban J connectivity index is 2.56. The summed E-state index contributed by atoms with van der Waals surface area (Å²) < 4.78 is 0. The molecule has 60 valence electrons. The van der Waals surface area contributed by atoms with E-state index in [2.05, 4.69) is 0 Å². The van der Waals surface area contributed by atoms with Crippen LogP contribution in [0.5, 0.6) is 0 Å². The largest absolute Gasteiger partial charge is 0.248 e. The lowest BCUT2D eigenvalue weighted by Gasteiger charge is -2.29. The van der Waals surface area contributed by atoms with Gasteiger partial charge in [0, 0.05) is 9.52 Å². The molecule has 1 fully saturated rings. The molecule has 1 aliphatic heterocycles. The van der Waals surface area contributed by atoms with Crippen molar-refractivity contribution < 1.29 is 0 Å². The fraction of sp³-hybridized carbons (Fsp3) is 1.00. The third-order valence-electron chi connectivity index (χ3n) is 1.60. The molecule has 0 amide bonds. The molecule has 1 aliphatic rings. The topological polar surface area (TPSA) is 0 Å². The third-order valence-corrected chi connectivity index (χ3v) is 26.0. The van der Waals surface area contributed by atoms with Gasteiger partial charge in [0.1, 0.15) is 0 Å². The molecule has 0 atom stereocenters. The molecular formula is C3H8Cl4Si3. The van der Waals surface area contributed by atoms with Crippen molar-refractivity contribution in [3.63, 3.8) is 0 Å². The average Bonchev–Trinajstić information content (AvgIpc) is 1.56. The van der Waals surface area contributed by atoms with Gasteiger partial charge in [-0.1, -0.05) is 0 Å². The van der Waals surface area contributed by atoms with E-state index in [4.69, 9.17) is 44.3 Å². The summed E-state index contributed by atoms with van der Waals surface area (Å²) in [5.41, 5.74) is 2.98. The van der Waals surface area contributed by atoms with Crippen LogP contribution in [0.4, 0.5) is 0 Å². The number of hydrogen-bond acceptors (Lipinski definition) is 0. The fourth-order valence-corrected chi connectivity index (χ4v) is 30.7. The fourth-order valence-electron chi connectivity index (χ4n) is 1.16. The van der Waals surface area contributed by atoms with Crippen LogP contribution in [0.2, 0.25) is 17.0 Å². The summed E-state index contributed by atoms with van der Waals surface area (Å²) >= 11 is 24.2. The maximum atomic E-state index is 6.06. The Hall–Kier alpha value is 1.81. The minimum atomic E-state index is -1.92. The van der Waals surface area contributed by atoms with Crippen molar-refractivity contribution >= 4 is 67.2 Å². The van der Waals surface area contributed by atoms with E-state index in [9.17, 15) is 0 Å². The molecule has 0 saturated carbocycles. The van der Waals surface area contributed by atoms with Gasteiger partial charge in [0.15, 0.2) is 0 Å². The first-order chi connectivity index (χ1) is 4.41. The van der Waals surface area contributed by atoms with E-state index in [1.54, 1.807) is 0 Å². The van der Waals surface area contributed by atoms with Crippen LogP contribution in [0.3, 0.4) is 0 Å². The minimum Gasteiger partial charge on any atom is -0.146 e. The van der Waals surface area contributed by atoms with Gasteiger partial charge >= 0.3 is 0 Å². The molecule has 0 spiro atoms. The van der Waals surface area contributed by atoms with E-state index in [-0.39, 0.29) is 9.52 Å². The van der Waals surface area contributed by atoms with E-state index in [0.29, 0.717) is 0 Å². The lowest BCUT2D eigenvalue weighted by atomic mass is 11.8. The van der Waals surface area contributed by atoms with Gasteiger partial charge < -0.3 is 0 Å². The molecule has 0 radical (unpaired) electrons. The van der Waals surface area contributed by atoms with Crippen molar-refractivity contribution in [2.24, 2.45) is 0 Å². The van der Waals surface area contributed by atoms with Gasteiger partial charge in [-0.05, 0) is 17.0 Å². The van der Waals surface area contributed by atoms with Gasteiger partial charge in [0.25, 0.3) is 0 Å². The highest BCUT2D eigenvalue weighted by atomic mass is 35.7. The lowest BCUT2D eigenvalue weighted by molar-refractivity contribution is 1.64. The first-order valence-corrected chi connectivity index (χ1v) is 14.0. The quantitative estimate of drug-likeness (QED) is 0.468. The minimum absolute atomic E-state index is 0.104. The summed E-state index contributed by atoms with van der Waals surface area (Å²) in [6.45, 7) is -3.84. The van der Waals surface area contributed by atoms with E-state index < -0.39 is 13.4 Å². The molecule has 0 bridgehead atoms. The Morgan fingerprint density at radius 1 is 0.900 bits per heavy atom. The second kappa shape index (κ2) is 3.28. The zero-order chi connectivity index (χ0) is 7.83. The van der Waals surface area contributed by atoms with Crippen LogP contribution in [-0.2, 0) is 0 Å². The van der Waals surface area contributed by atoms with E-state index in [1.165, 1.54) is 0 Å². The van der Waals surface area contributed by atoms with Crippen molar-refractivity contribution in [2.75, 3.05) is 0 Å². The molecule has 10 heavy (non-hydrogen) atoms. The molecule has 1 saturated heterocycles. The van der Waals surface area contributed by atoms with Crippen LogP contribution in [0.25, 0.3) is 0 Å². The molecule has 7 heteroatoms. The molecule has 0 nitrogen and oxygen atoms in total.